The average Bonchev–Trinajstić information content (AvgIpc) is 4.09. The second kappa shape index (κ2) is 10.0. The Morgan fingerprint density at radius 3 is 1.15 bits per heavy atom. The van der Waals surface area contributed by atoms with Crippen LogP contribution in [0.4, 0.5) is 11.4 Å². The summed E-state index contributed by atoms with van der Waals surface area (Å²) >= 11 is 0. The van der Waals surface area contributed by atoms with Gasteiger partial charge in [0.15, 0.2) is 28.5 Å². The topological polar surface area (TPSA) is 26.8 Å². The van der Waals surface area contributed by atoms with Gasteiger partial charge >= 0.3 is 22.7 Å². The summed E-state index contributed by atoms with van der Waals surface area (Å²) in [6.07, 6.45) is 4.71. The molecule has 300 valence electrons. The zero-order valence-electron chi connectivity index (χ0n) is 35.1. The van der Waals surface area contributed by atoms with Crippen LogP contribution in [0.15, 0.2) is 194 Å². The molecule has 0 radical (unpaired) electrons. The van der Waals surface area contributed by atoms with E-state index in [0.717, 1.165) is 11.5 Å². The number of hydrogen-bond donors (Lipinski definition) is 0. The molecule has 12 aromatic rings. The molecule has 7 aliphatic heterocycles. The van der Waals surface area contributed by atoms with Gasteiger partial charge in [-0.3, -0.25) is 0 Å². The lowest BCUT2D eigenvalue weighted by atomic mass is 10.1. The molecular weight excluding hydrogens is 839 g/mol. The van der Waals surface area contributed by atoms with Crippen LogP contribution in [-0.4, -0.2) is 25.3 Å². The molecule has 8 aromatic carbocycles. The van der Waals surface area contributed by atoms with Crippen LogP contribution in [0.3, 0.4) is 0 Å². The van der Waals surface area contributed by atoms with Gasteiger partial charge in [-0.25, -0.2) is 0 Å². The third-order valence-electron chi connectivity index (χ3n) is 17.1. The minimum Gasteiger partial charge on any atom is -0.444 e. The predicted molar refractivity (Wildman–Crippen MR) is 267 cm³/mol. The van der Waals surface area contributed by atoms with Gasteiger partial charge in [-0.15, -0.1) is 0 Å². The number of benzene rings is 8. The fourth-order valence-electron chi connectivity index (χ4n) is 15.2. The maximum Gasteiger partial charge on any atom is 0.350 e. The van der Waals surface area contributed by atoms with Crippen molar-refractivity contribution in [2.45, 2.75) is 0 Å². The monoisotopic (exact) mass is 870 g/mol. The van der Waals surface area contributed by atoms with Crippen LogP contribution in [0.2, 0.25) is 0 Å². The second-order valence-corrected chi connectivity index (χ2v) is 26.6. The highest BCUT2D eigenvalue weighted by atomic mass is 28.3. The van der Waals surface area contributed by atoms with E-state index in [4.69, 9.17) is 4.74 Å². The zero-order chi connectivity index (χ0) is 42.2. The van der Waals surface area contributed by atoms with E-state index in [1.807, 2.05) is 0 Å². The van der Waals surface area contributed by atoms with Crippen LogP contribution in [0.5, 0.6) is 11.5 Å². The number of hydrogen-bond acceptors (Lipinski definition) is 1. The lowest BCUT2D eigenvalue weighted by molar-refractivity contribution is -1.02. The molecule has 66 heavy (non-hydrogen) atoms. The smallest absolute Gasteiger partial charge is 0.350 e. The molecule has 11 heterocycles. The van der Waals surface area contributed by atoms with Crippen LogP contribution >= 0.6 is 0 Å². The van der Waals surface area contributed by atoms with Crippen molar-refractivity contribution < 1.29 is 14.1 Å². The predicted octanol–water partition coefficient (Wildman–Crippen LogP) is 6.10. The van der Waals surface area contributed by atoms with Crippen molar-refractivity contribution in [1.29, 1.82) is 0 Å². The Morgan fingerprint density at radius 2 is 0.727 bits per heavy atom. The molecule has 0 fully saturated rings. The summed E-state index contributed by atoms with van der Waals surface area (Å²) in [7, 11) is -5.89. The largest absolute Gasteiger partial charge is 0.444 e. The van der Waals surface area contributed by atoms with E-state index in [2.05, 4.69) is 213 Å². The Balaban J connectivity index is 1.09. The summed E-state index contributed by atoms with van der Waals surface area (Å²) in [6, 6.07) is 70.5. The van der Waals surface area contributed by atoms with Crippen LogP contribution in [0.1, 0.15) is 0 Å². The SMILES string of the molecule is c1ccc2c(c1)-c1ccccc1[Si]21c2ccc3c4c2-n2c5c1cccc5c1ccc[n+](c12)[N+]41c2c(ccc4c2-n2c5c(cccc5c5ccc[n+]1c52)[Si]41c2ccccc2-c2ccccc21)O3. The number of para-hydroxylation sites is 2. The molecule has 3 spiro atoms. The van der Waals surface area contributed by atoms with Gasteiger partial charge in [-0.05, 0) is 101 Å². The molecule has 0 saturated heterocycles. The third-order valence-corrected chi connectivity index (χ3v) is 26.9. The summed E-state index contributed by atoms with van der Waals surface area (Å²) in [5.74, 6) is 1.80. The van der Waals surface area contributed by atoms with Gasteiger partial charge in [0, 0.05) is 31.5 Å². The van der Waals surface area contributed by atoms with Crippen molar-refractivity contribution in [3.05, 3.63) is 194 Å². The molecular formula is C58H32N5OSi2+3. The molecule has 0 N–H and O–H groups in total. The Labute approximate surface area is 378 Å². The van der Waals surface area contributed by atoms with Crippen molar-refractivity contribution in [2.75, 3.05) is 0 Å². The van der Waals surface area contributed by atoms with Gasteiger partial charge in [0.25, 0.3) is 0 Å². The lowest BCUT2D eigenvalue weighted by Crippen LogP contribution is -2.88. The average molecular weight is 871 g/mol. The summed E-state index contributed by atoms with van der Waals surface area (Å²) in [5.41, 5.74) is 15.4. The Hall–Kier alpha value is -8.15. The highest BCUT2D eigenvalue weighted by Crippen LogP contribution is 2.59. The molecule has 0 atom stereocenters. The first-order valence-electron chi connectivity index (χ1n) is 23.1. The molecule has 0 unspecified atom stereocenters. The second-order valence-electron chi connectivity index (χ2n) is 19.3. The van der Waals surface area contributed by atoms with Crippen molar-refractivity contribution in [2.24, 2.45) is 0 Å². The normalized spacial score (nSPS) is 16.7. The molecule has 0 amide bonds. The molecule has 7 aliphatic rings. The van der Waals surface area contributed by atoms with Gasteiger partial charge in [-0.2, -0.15) is 9.13 Å². The van der Waals surface area contributed by atoms with Crippen molar-refractivity contribution in [3.8, 4) is 45.1 Å². The van der Waals surface area contributed by atoms with E-state index in [9.17, 15) is 0 Å². The van der Waals surface area contributed by atoms with E-state index in [1.54, 1.807) is 0 Å². The number of fused-ring (bicyclic) bond motifs is 16. The number of rotatable bonds is 0. The van der Waals surface area contributed by atoms with Crippen LogP contribution in [0, 0.1) is 0 Å². The number of pyridine rings is 2. The quantitative estimate of drug-likeness (QED) is 0.103. The van der Waals surface area contributed by atoms with Gasteiger partial charge in [0.2, 0.25) is 22.9 Å². The lowest BCUT2D eigenvalue weighted by Gasteiger charge is -2.43. The first-order chi connectivity index (χ1) is 32.8. The van der Waals surface area contributed by atoms with Crippen LogP contribution < -0.4 is 60.3 Å². The summed E-state index contributed by atoms with van der Waals surface area (Å²) in [6.45, 7) is 0. The maximum atomic E-state index is 7.56. The van der Waals surface area contributed by atoms with E-state index >= 15 is 0 Å². The van der Waals surface area contributed by atoms with E-state index in [0.29, 0.717) is 4.70 Å². The van der Waals surface area contributed by atoms with Crippen LogP contribution in [0.25, 0.3) is 77.5 Å². The number of quaternary nitrogens is 1. The Bertz CT molecular complexity index is 4110. The highest BCUT2D eigenvalue weighted by molar-refractivity contribution is 7.24. The fourth-order valence-corrected chi connectivity index (χ4v) is 26.3. The Morgan fingerprint density at radius 1 is 0.348 bits per heavy atom. The highest BCUT2D eigenvalue weighted by Gasteiger charge is 2.71. The van der Waals surface area contributed by atoms with Gasteiger partial charge in [0.1, 0.15) is 11.0 Å². The first-order valence-corrected chi connectivity index (χ1v) is 27.1. The maximum absolute atomic E-state index is 7.56. The van der Waals surface area contributed by atoms with E-state index in [-0.39, 0.29) is 0 Å². The first kappa shape index (κ1) is 32.5. The summed E-state index contributed by atoms with van der Waals surface area (Å²) in [5, 5.41) is 16.8. The third kappa shape index (κ3) is 2.87. The molecule has 6 nitrogen and oxygen atoms in total. The van der Waals surface area contributed by atoms with Crippen molar-refractivity contribution in [3.63, 3.8) is 0 Å². The van der Waals surface area contributed by atoms with Crippen LogP contribution in [-0.2, 0) is 0 Å². The summed E-state index contributed by atoms with van der Waals surface area (Å²) in [4.78, 5) is 0. The molecule has 0 bridgehead atoms. The van der Waals surface area contributed by atoms with Gasteiger partial charge < -0.3 is 4.74 Å². The van der Waals surface area contributed by atoms with Crippen molar-refractivity contribution in [1.82, 2.24) is 13.8 Å². The number of ether oxygens (including phenoxy) is 1. The Kier molecular flexibility index (Phi) is 4.95. The minimum absolute atomic E-state index is 0.310. The van der Waals surface area contributed by atoms with Crippen molar-refractivity contribution >= 4 is 113 Å². The van der Waals surface area contributed by atoms with Gasteiger partial charge in [0.05, 0.1) is 15.5 Å². The van der Waals surface area contributed by atoms with E-state index in [1.165, 1.54) is 130 Å². The minimum atomic E-state index is -2.94. The molecule has 8 heteroatoms. The van der Waals surface area contributed by atoms with Gasteiger partial charge in [-0.1, -0.05) is 133 Å². The summed E-state index contributed by atoms with van der Waals surface area (Å²) < 4.78 is 18.4. The van der Waals surface area contributed by atoms with E-state index < -0.39 is 16.1 Å². The molecule has 4 aromatic heterocycles. The fraction of sp³-hybridized carbons (Fsp3) is 0. The number of aromatic nitrogens is 4. The molecule has 0 aliphatic carbocycles. The molecule has 19 rings (SSSR count). The number of nitrogens with zero attached hydrogens (tertiary/aromatic N) is 5. The molecule has 0 saturated carbocycles. The zero-order valence-corrected chi connectivity index (χ0v) is 37.1. The standard InChI is InChI=1S/C58H32N5OSi2/c1-5-21-43-33(13-1)34-14-2-6-22-44(34)65(43)47-25-9-17-37-39-19-11-31-59-57(39)61(51(37)47)53-49(65)29-27-41-55(53)63(59)56-42(64-41)28-30-50-54(56)62-52-38(40-20-12-32-60(63)58(40)62)18-10-26-48(52)66(50)45-23-7-3-15-35(45)36-16-4-8-24-46(36)66/h1-32H/q+3.